The molecule has 19 heavy (non-hydrogen) atoms. The fourth-order valence-corrected chi connectivity index (χ4v) is 2.16. The Hall–Kier alpha value is -2.00. The molecule has 106 valence electrons. The lowest BCUT2D eigenvalue weighted by Gasteiger charge is -2.49. The van der Waals surface area contributed by atoms with Gasteiger partial charge in [0.25, 0.3) is 0 Å². The van der Waals surface area contributed by atoms with Crippen LogP contribution in [0, 0.1) is 0 Å². The third-order valence-corrected chi connectivity index (χ3v) is 3.05. The van der Waals surface area contributed by atoms with Crippen LogP contribution >= 0.6 is 0 Å². The van der Waals surface area contributed by atoms with Crippen molar-refractivity contribution in [2.24, 2.45) is 0 Å². The van der Waals surface area contributed by atoms with Gasteiger partial charge >= 0.3 is 24.1 Å². The van der Waals surface area contributed by atoms with Crippen molar-refractivity contribution in [1.82, 2.24) is 9.80 Å². The Labute approximate surface area is 104 Å². The van der Waals surface area contributed by atoms with Crippen molar-refractivity contribution in [2.75, 3.05) is 26.2 Å². The highest BCUT2D eigenvalue weighted by Gasteiger charge is 2.60. The van der Waals surface area contributed by atoms with E-state index in [9.17, 15) is 27.6 Å². The number of halogens is 3. The van der Waals surface area contributed by atoms with Gasteiger partial charge in [-0.1, -0.05) is 0 Å². The fourth-order valence-electron chi connectivity index (χ4n) is 2.16. The molecule has 1 spiro atoms. The molecular formula is C9H9F3N2O5. The number of cyclic esters (lactones) is 1. The van der Waals surface area contributed by atoms with Crippen molar-refractivity contribution in [3.63, 3.8) is 0 Å². The van der Waals surface area contributed by atoms with E-state index >= 15 is 0 Å². The van der Waals surface area contributed by atoms with Gasteiger partial charge in [-0.25, -0.2) is 4.79 Å². The van der Waals surface area contributed by atoms with Crippen molar-refractivity contribution in [2.45, 2.75) is 11.7 Å². The van der Waals surface area contributed by atoms with E-state index < -0.39 is 36.2 Å². The number of aliphatic carboxylic acids is 1. The quantitative estimate of drug-likeness (QED) is 0.749. The predicted octanol–water partition coefficient (Wildman–Crippen LogP) is -0.333. The number of hydrogen-bond donors (Lipinski definition) is 1. The molecule has 0 aromatic rings. The number of rotatable bonds is 2. The minimum Gasteiger partial charge on any atom is -0.480 e. The van der Waals surface area contributed by atoms with Crippen molar-refractivity contribution in [3.8, 4) is 0 Å². The van der Waals surface area contributed by atoms with E-state index in [0.717, 1.165) is 4.90 Å². The van der Waals surface area contributed by atoms with Gasteiger partial charge in [0, 0.05) is 13.1 Å². The molecule has 0 aromatic carbocycles. The van der Waals surface area contributed by atoms with E-state index in [4.69, 9.17) is 5.11 Å². The summed E-state index contributed by atoms with van der Waals surface area (Å²) in [5.41, 5.74) is -1.16. The van der Waals surface area contributed by atoms with Gasteiger partial charge in [0.2, 0.25) is 0 Å². The fraction of sp³-hybridized carbons (Fsp3) is 0.667. The standard InChI is InChI=1S/C9H9F3N2O5/c10-9(11,12)6(17)13-2-8(3-13)4-19-7(18)14(8)1-5(15)16/h1-4H2,(H,15,16). The lowest BCUT2D eigenvalue weighted by Crippen LogP contribution is -2.72. The maximum Gasteiger partial charge on any atom is 0.471 e. The van der Waals surface area contributed by atoms with Crippen LogP contribution in [0.4, 0.5) is 18.0 Å². The number of amides is 2. The van der Waals surface area contributed by atoms with Crippen molar-refractivity contribution in [3.05, 3.63) is 0 Å². The van der Waals surface area contributed by atoms with Crippen LogP contribution < -0.4 is 0 Å². The second-order valence-electron chi connectivity index (χ2n) is 4.42. The van der Waals surface area contributed by atoms with Crippen LogP contribution in [0.1, 0.15) is 0 Å². The summed E-state index contributed by atoms with van der Waals surface area (Å²) in [6, 6.07) is 0. The van der Waals surface area contributed by atoms with E-state index in [2.05, 4.69) is 4.74 Å². The molecule has 0 radical (unpaired) electrons. The second kappa shape index (κ2) is 4.00. The van der Waals surface area contributed by atoms with Crippen LogP contribution in [0.5, 0.6) is 0 Å². The van der Waals surface area contributed by atoms with Crippen LogP contribution in [0.25, 0.3) is 0 Å². The van der Waals surface area contributed by atoms with E-state index in [0.29, 0.717) is 4.90 Å². The monoisotopic (exact) mass is 282 g/mol. The molecule has 2 amide bonds. The zero-order chi connectivity index (χ0) is 14.4. The number of likely N-dealkylation sites (tertiary alicyclic amines) is 1. The second-order valence-corrected chi connectivity index (χ2v) is 4.42. The summed E-state index contributed by atoms with van der Waals surface area (Å²) >= 11 is 0. The Morgan fingerprint density at radius 1 is 1.37 bits per heavy atom. The molecule has 10 heteroatoms. The van der Waals surface area contributed by atoms with Crippen molar-refractivity contribution in [1.29, 1.82) is 0 Å². The molecule has 0 unspecified atom stereocenters. The number of alkyl halides is 3. The number of carbonyl (C=O) groups excluding carboxylic acids is 2. The Morgan fingerprint density at radius 2 is 1.95 bits per heavy atom. The highest BCUT2D eigenvalue weighted by Crippen LogP contribution is 2.35. The molecule has 2 aliphatic rings. The van der Waals surface area contributed by atoms with Gasteiger partial charge in [0.15, 0.2) is 0 Å². The molecule has 2 rings (SSSR count). The average molecular weight is 282 g/mol. The summed E-state index contributed by atoms with van der Waals surface area (Å²) in [6.07, 6.45) is -5.88. The minimum absolute atomic E-state index is 0.221. The maximum atomic E-state index is 12.2. The average Bonchev–Trinajstić information content (AvgIpc) is 2.52. The Bertz CT molecular complexity index is 444. The Kier molecular flexibility index (Phi) is 2.83. The molecule has 0 atom stereocenters. The molecule has 0 aromatic heterocycles. The number of carbonyl (C=O) groups is 3. The van der Waals surface area contributed by atoms with Gasteiger partial charge in [-0.15, -0.1) is 0 Å². The number of ether oxygens (including phenoxy) is 1. The summed E-state index contributed by atoms with van der Waals surface area (Å²) in [4.78, 5) is 34.2. The maximum absolute atomic E-state index is 12.2. The number of nitrogens with zero attached hydrogens (tertiary/aromatic N) is 2. The zero-order valence-corrected chi connectivity index (χ0v) is 9.44. The van der Waals surface area contributed by atoms with Crippen LogP contribution in [-0.2, 0) is 14.3 Å². The third kappa shape index (κ3) is 2.17. The predicted molar refractivity (Wildman–Crippen MR) is 51.1 cm³/mol. The molecule has 0 saturated carbocycles. The summed E-state index contributed by atoms with van der Waals surface area (Å²) in [7, 11) is 0. The van der Waals surface area contributed by atoms with Gasteiger partial charge in [-0.2, -0.15) is 13.2 Å². The van der Waals surface area contributed by atoms with Gasteiger partial charge in [-0.3, -0.25) is 14.5 Å². The normalized spacial score (nSPS) is 21.3. The van der Waals surface area contributed by atoms with Gasteiger partial charge in [-0.05, 0) is 0 Å². The van der Waals surface area contributed by atoms with Crippen molar-refractivity contribution < 1.29 is 37.4 Å². The highest BCUT2D eigenvalue weighted by atomic mass is 19.4. The van der Waals surface area contributed by atoms with Crippen LogP contribution in [0.2, 0.25) is 0 Å². The Balaban J connectivity index is 2.06. The summed E-state index contributed by atoms with van der Waals surface area (Å²) in [5.74, 6) is -3.31. The van der Waals surface area contributed by atoms with E-state index in [1.807, 2.05) is 0 Å². The first-order valence-corrected chi connectivity index (χ1v) is 5.18. The first kappa shape index (κ1) is 13.4. The lowest BCUT2D eigenvalue weighted by atomic mass is 9.89. The number of carboxylic acids is 1. The number of hydrogen-bond acceptors (Lipinski definition) is 4. The molecule has 2 saturated heterocycles. The van der Waals surface area contributed by atoms with E-state index in [-0.39, 0.29) is 19.7 Å². The molecule has 0 bridgehead atoms. The SMILES string of the molecule is O=C(O)CN1C(=O)OCC12CN(C(=O)C(F)(F)F)C2. The molecule has 1 N–H and O–H groups in total. The number of carboxylic acid groups (broad SMARTS) is 1. The third-order valence-electron chi connectivity index (χ3n) is 3.05. The van der Waals surface area contributed by atoms with Crippen LogP contribution in [0.3, 0.4) is 0 Å². The molecular weight excluding hydrogens is 273 g/mol. The van der Waals surface area contributed by atoms with Crippen LogP contribution in [-0.4, -0.2) is 70.8 Å². The molecule has 2 fully saturated rings. The first-order chi connectivity index (χ1) is 8.66. The Morgan fingerprint density at radius 3 is 2.42 bits per heavy atom. The summed E-state index contributed by atoms with van der Waals surface area (Å²) < 4.78 is 41.2. The van der Waals surface area contributed by atoms with Crippen molar-refractivity contribution >= 4 is 18.0 Å². The summed E-state index contributed by atoms with van der Waals surface area (Å²) in [5, 5.41) is 8.64. The zero-order valence-electron chi connectivity index (χ0n) is 9.44. The molecule has 0 aliphatic carbocycles. The summed E-state index contributed by atoms with van der Waals surface area (Å²) in [6.45, 7) is -1.66. The van der Waals surface area contributed by atoms with Gasteiger partial charge in [0.1, 0.15) is 18.7 Å². The minimum atomic E-state index is -4.98. The van der Waals surface area contributed by atoms with E-state index in [1.54, 1.807) is 0 Å². The first-order valence-electron chi connectivity index (χ1n) is 5.18. The largest absolute Gasteiger partial charge is 0.480 e. The van der Waals surface area contributed by atoms with Gasteiger partial charge < -0.3 is 14.7 Å². The molecule has 2 heterocycles. The van der Waals surface area contributed by atoms with E-state index in [1.165, 1.54) is 0 Å². The molecule has 7 nitrogen and oxygen atoms in total. The molecule has 2 aliphatic heterocycles. The van der Waals surface area contributed by atoms with Gasteiger partial charge in [0.05, 0.1) is 0 Å². The topological polar surface area (TPSA) is 87.2 Å². The lowest BCUT2D eigenvalue weighted by molar-refractivity contribution is -0.195. The smallest absolute Gasteiger partial charge is 0.471 e. The highest BCUT2D eigenvalue weighted by molar-refractivity contribution is 5.84. The van der Waals surface area contributed by atoms with Crippen LogP contribution in [0.15, 0.2) is 0 Å².